The van der Waals surface area contributed by atoms with Crippen molar-refractivity contribution in [3.63, 3.8) is 0 Å². The van der Waals surface area contributed by atoms with E-state index >= 15 is 0 Å². The van der Waals surface area contributed by atoms with Gasteiger partial charge in [-0.2, -0.15) is 0 Å². The van der Waals surface area contributed by atoms with Crippen molar-refractivity contribution in [2.24, 2.45) is 0 Å². The molecule has 2 heterocycles. The molecule has 0 aromatic heterocycles. The summed E-state index contributed by atoms with van der Waals surface area (Å²) in [7, 11) is 0. The minimum atomic E-state index is 0.406. The molecule has 2 aliphatic rings. The Balaban J connectivity index is 2.05. The summed E-state index contributed by atoms with van der Waals surface area (Å²) in [5, 5.41) is 3.65. The molecule has 0 aromatic carbocycles. The van der Waals surface area contributed by atoms with Crippen LogP contribution in [0.15, 0.2) is 0 Å². The zero-order chi connectivity index (χ0) is 11.8. The van der Waals surface area contributed by atoms with Gasteiger partial charge in [-0.1, -0.05) is 13.8 Å². The molecule has 0 saturated carbocycles. The van der Waals surface area contributed by atoms with Gasteiger partial charge >= 0.3 is 0 Å². The van der Waals surface area contributed by atoms with Gasteiger partial charge in [-0.3, -0.25) is 4.90 Å². The summed E-state index contributed by atoms with van der Waals surface area (Å²) >= 11 is 0. The average Bonchev–Trinajstić information content (AvgIpc) is 2.53. The third kappa shape index (κ3) is 2.14. The molecule has 2 unspecified atom stereocenters. The van der Waals surface area contributed by atoms with Crippen LogP contribution in [0, 0.1) is 0 Å². The quantitative estimate of drug-likeness (QED) is 0.790. The van der Waals surface area contributed by atoms with Crippen molar-refractivity contribution < 1.29 is 0 Å². The Morgan fingerprint density at radius 1 is 1.12 bits per heavy atom. The molecule has 0 amide bonds. The molecule has 2 aliphatic heterocycles. The summed E-state index contributed by atoms with van der Waals surface area (Å²) in [6.07, 6.45) is 6.86. The molecule has 16 heavy (non-hydrogen) atoms. The summed E-state index contributed by atoms with van der Waals surface area (Å²) in [5.74, 6) is 0. The van der Waals surface area contributed by atoms with E-state index in [1.165, 1.54) is 32.1 Å². The fourth-order valence-electron chi connectivity index (χ4n) is 3.80. The summed E-state index contributed by atoms with van der Waals surface area (Å²) in [5.41, 5.74) is 0.406. The highest BCUT2D eigenvalue weighted by Crippen LogP contribution is 2.41. The number of nitrogens with zero attached hydrogens (tertiary/aromatic N) is 1. The van der Waals surface area contributed by atoms with Crippen molar-refractivity contribution in [2.75, 3.05) is 6.54 Å². The highest BCUT2D eigenvalue weighted by Gasteiger charge is 2.45. The van der Waals surface area contributed by atoms with Crippen molar-refractivity contribution in [3.8, 4) is 0 Å². The molecule has 2 saturated heterocycles. The maximum Gasteiger partial charge on any atom is 0.0156 e. The molecule has 0 spiro atoms. The van der Waals surface area contributed by atoms with Gasteiger partial charge in [0.05, 0.1) is 0 Å². The fraction of sp³-hybridized carbons (Fsp3) is 1.00. The molecule has 0 radical (unpaired) electrons. The van der Waals surface area contributed by atoms with E-state index < -0.39 is 0 Å². The van der Waals surface area contributed by atoms with Crippen LogP contribution in [0.5, 0.6) is 0 Å². The van der Waals surface area contributed by atoms with E-state index in [-0.39, 0.29) is 0 Å². The minimum absolute atomic E-state index is 0.406. The van der Waals surface area contributed by atoms with Crippen LogP contribution in [-0.2, 0) is 0 Å². The van der Waals surface area contributed by atoms with E-state index in [0.717, 1.165) is 24.7 Å². The number of fused-ring (bicyclic) bond motifs is 2. The Bertz CT molecular complexity index is 223. The molecule has 2 rings (SSSR count). The van der Waals surface area contributed by atoms with Crippen LogP contribution in [0.25, 0.3) is 0 Å². The Labute approximate surface area is 101 Å². The number of rotatable bonds is 4. The summed E-state index contributed by atoms with van der Waals surface area (Å²) < 4.78 is 0. The SMILES string of the molecule is CCNC1CC2CCC(C1)N2C(C)(C)CC. The van der Waals surface area contributed by atoms with Crippen LogP contribution in [0.2, 0.25) is 0 Å². The summed E-state index contributed by atoms with van der Waals surface area (Å²) in [4.78, 5) is 2.83. The Kier molecular flexibility index (Phi) is 3.60. The third-order valence-corrected chi connectivity index (χ3v) is 4.79. The molecular weight excluding hydrogens is 196 g/mol. The molecule has 2 bridgehead atoms. The second kappa shape index (κ2) is 4.66. The van der Waals surface area contributed by atoms with E-state index in [9.17, 15) is 0 Å². The minimum Gasteiger partial charge on any atom is -0.314 e. The third-order valence-electron chi connectivity index (χ3n) is 4.79. The zero-order valence-electron chi connectivity index (χ0n) is 11.4. The van der Waals surface area contributed by atoms with E-state index in [0.29, 0.717) is 5.54 Å². The van der Waals surface area contributed by atoms with E-state index in [1.54, 1.807) is 0 Å². The number of hydrogen-bond donors (Lipinski definition) is 1. The van der Waals surface area contributed by atoms with Gasteiger partial charge < -0.3 is 5.32 Å². The largest absolute Gasteiger partial charge is 0.314 e. The molecule has 2 fully saturated rings. The topological polar surface area (TPSA) is 15.3 Å². The summed E-state index contributed by atoms with van der Waals surface area (Å²) in [6.45, 7) is 10.5. The van der Waals surface area contributed by atoms with Crippen LogP contribution in [0.4, 0.5) is 0 Å². The van der Waals surface area contributed by atoms with Crippen LogP contribution < -0.4 is 5.32 Å². The average molecular weight is 224 g/mol. The first-order chi connectivity index (χ1) is 7.58. The van der Waals surface area contributed by atoms with Crippen LogP contribution >= 0.6 is 0 Å². The molecule has 2 nitrogen and oxygen atoms in total. The number of hydrogen-bond acceptors (Lipinski definition) is 2. The number of piperidine rings is 1. The molecular formula is C14H28N2. The normalized spacial score (nSPS) is 35.6. The molecule has 2 atom stereocenters. The van der Waals surface area contributed by atoms with Crippen LogP contribution in [0.1, 0.15) is 59.8 Å². The van der Waals surface area contributed by atoms with Crippen molar-refractivity contribution in [3.05, 3.63) is 0 Å². The Hall–Kier alpha value is -0.0800. The highest BCUT2D eigenvalue weighted by atomic mass is 15.3. The number of nitrogens with one attached hydrogen (secondary N) is 1. The van der Waals surface area contributed by atoms with Gasteiger partial charge in [0.2, 0.25) is 0 Å². The van der Waals surface area contributed by atoms with Gasteiger partial charge in [-0.05, 0) is 52.5 Å². The lowest BCUT2D eigenvalue weighted by Crippen LogP contribution is -2.57. The van der Waals surface area contributed by atoms with Crippen LogP contribution in [0.3, 0.4) is 0 Å². The van der Waals surface area contributed by atoms with Gasteiger partial charge in [0.1, 0.15) is 0 Å². The standard InChI is InChI=1S/C14H28N2/c1-5-14(3,4)16-12-7-8-13(16)10-11(9-12)15-6-2/h11-13,15H,5-10H2,1-4H3. The van der Waals surface area contributed by atoms with Crippen molar-refractivity contribution in [1.82, 2.24) is 10.2 Å². The first kappa shape index (κ1) is 12.4. The van der Waals surface area contributed by atoms with Crippen LogP contribution in [-0.4, -0.2) is 35.1 Å². The Morgan fingerprint density at radius 2 is 1.69 bits per heavy atom. The van der Waals surface area contributed by atoms with Gasteiger partial charge in [0.15, 0.2) is 0 Å². The highest BCUT2D eigenvalue weighted by molar-refractivity contribution is 5.02. The molecule has 0 aromatic rings. The van der Waals surface area contributed by atoms with Crippen molar-refractivity contribution >= 4 is 0 Å². The monoisotopic (exact) mass is 224 g/mol. The van der Waals surface area contributed by atoms with E-state index in [2.05, 4.69) is 37.9 Å². The van der Waals surface area contributed by atoms with Crippen molar-refractivity contribution in [2.45, 2.75) is 83.5 Å². The van der Waals surface area contributed by atoms with Gasteiger partial charge in [-0.25, -0.2) is 0 Å². The summed E-state index contributed by atoms with van der Waals surface area (Å²) in [6, 6.07) is 2.47. The first-order valence-electron chi connectivity index (χ1n) is 7.10. The zero-order valence-corrected chi connectivity index (χ0v) is 11.4. The smallest absolute Gasteiger partial charge is 0.0156 e. The molecule has 0 aliphatic carbocycles. The lowest BCUT2D eigenvalue weighted by molar-refractivity contribution is 0.0186. The first-order valence-corrected chi connectivity index (χ1v) is 7.10. The second-order valence-corrected chi connectivity index (χ2v) is 6.18. The van der Waals surface area contributed by atoms with E-state index in [4.69, 9.17) is 0 Å². The van der Waals surface area contributed by atoms with Crippen molar-refractivity contribution in [1.29, 1.82) is 0 Å². The van der Waals surface area contributed by atoms with Gasteiger partial charge in [0, 0.05) is 23.7 Å². The predicted octanol–water partition coefficient (Wildman–Crippen LogP) is 2.78. The molecule has 2 heteroatoms. The predicted molar refractivity (Wildman–Crippen MR) is 69.7 cm³/mol. The maximum atomic E-state index is 3.65. The van der Waals surface area contributed by atoms with E-state index in [1.807, 2.05) is 0 Å². The fourth-order valence-corrected chi connectivity index (χ4v) is 3.80. The molecule has 1 N–H and O–H groups in total. The maximum absolute atomic E-state index is 3.65. The molecule has 94 valence electrons. The lowest BCUT2D eigenvalue weighted by Gasteiger charge is -2.48. The van der Waals surface area contributed by atoms with Gasteiger partial charge in [-0.15, -0.1) is 0 Å². The Morgan fingerprint density at radius 3 is 2.12 bits per heavy atom. The van der Waals surface area contributed by atoms with Gasteiger partial charge in [0.25, 0.3) is 0 Å². The lowest BCUT2D eigenvalue weighted by atomic mass is 9.89. The second-order valence-electron chi connectivity index (χ2n) is 6.18.